The highest BCUT2D eigenvalue weighted by Crippen LogP contribution is 2.37. The summed E-state index contributed by atoms with van der Waals surface area (Å²) < 4.78 is 0. The standard InChI is InChI=1S/C7H7N5O/c8-12-11-5-3-6(13)10-7(9-5)4-1-2-4/h3-4H,1-2H2,(H,9,10,13). The van der Waals surface area contributed by atoms with E-state index in [1.165, 1.54) is 6.07 Å². The molecule has 1 aliphatic carbocycles. The summed E-state index contributed by atoms with van der Waals surface area (Å²) in [5, 5.41) is 3.29. The molecule has 0 aliphatic heterocycles. The van der Waals surface area contributed by atoms with Crippen molar-refractivity contribution in [3.63, 3.8) is 0 Å². The molecular weight excluding hydrogens is 170 g/mol. The SMILES string of the molecule is [N-]=[N+]=Nc1cc(=O)[nH]c(C2CC2)n1. The van der Waals surface area contributed by atoms with Crippen LogP contribution in [-0.2, 0) is 0 Å². The maximum atomic E-state index is 11.0. The zero-order chi connectivity index (χ0) is 9.26. The van der Waals surface area contributed by atoms with Gasteiger partial charge in [0, 0.05) is 16.9 Å². The summed E-state index contributed by atoms with van der Waals surface area (Å²) >= 11 is 0. The fourth-order valence-corrected chi connectivity index (χ4v) is 1.11. The fourth-order valence-electron chi connectivity index (χ4n) is 1.11. The lowest BCUT2D eigenvalue weighted by Gasteiger charge is -1.96. The lowest BCUT2D eigenvalue weighted by atomic mass is 10.4. The van der Waals surface area contributed by atoms with Crippen LogP contribution in [0.3, 0.4) is 0 Å². The molecule has 0 saturated heterocycles. The molecule has 1 aliphatic rings. The van der Waals surface area contributed by atoms with E-state index in [1.807, 2.05) is 0 Å². The molecule has 0 bridgehead atoms. The monoisotopic (exact) mass is 177 g/mol. The molecule has 0 aromatic carbocycles. The Morgan fingerprint density at radius 2 is 2.46 bits per heavy atom. The second kappa shape index (κ2) is 2.91. The van der Waals surface area contributed by atoms with Crippen molar-refractivity contribution in [2.45, 2.75) is 18.8 Å². The molecule has 6 heteroatoms. The van der Waals surface area contributed by atoms with E-state index in [0.717, 1.165) is 12.8 Å². The van der Waals surface area contributed by atoms with Crippen LogP contribution in [0.1, 0.15) is 24.6 Å². The van der Waals surface area contributed by atoms with E-state index in [2.05, 4.69) is 20.0 Å². The van der Waals surface area contributed by atoms with Crippen LogP contribution in [0.4, 0.5) is 5.82 Å². The molecule has 1 N–H and O–H groups in total. The normalized spacial score (nSPS) is 15.1. The van der Waals surface area contributed by atoms with Crippen molar-refractivity contribution in [2.24, 2.45) is 5.11 Å². The molecule has 1 heterocycles. The van der Waals surface area contributed by atoms with E-state index in [1.54, 1.807) is 0 Å². The minimum Gasteiger partial charge on any atom is -0.310 e. The van der Waals surface area contributed by atoms with Crippen molar-refractivity contribution >= 4 is 5.82 Å². The maximum absolute atomic E-state index is 11.0. The summed E-state index contributed by atoms with van der Waals surface area (Å²) in [4.78, 5) is 20.2. The van der Waals surface area contributed by atoms with Crippen LogP contribution in [0.25, 0.3) is 10.4 Å². The largest absolute Gasteiger partial charge is 0.310 e. The third kappa shape index (κ3) is 1.68. The van der Waals surface area contributed by atoms with Crippen LogP contribution in [0.5, 0.6) is 0 Å². The highest BCUT2D eigenvalue weighted by atomic mass is 16.1. The second-order valence-corrected chi connectivity index (χ2v) is 2.95. The summed E-state index contributed by atoms with van der Waals surface area (Å²) in [7, 11) is 0. The van der Waals surface area contributed by atoms with Crippen molar-refractivity contribution in [3.8, 4) is 0 Å². The zero-order valence-corrected chi connectivity index (χ0v) is 6.77. The predicted octanol–water partition coefficient (Wildman–Crippen LogP) is 1.59. The number of rotatable bonds is 2. The molecule has 66 valence electrons. The molecular formula is C7H7N5O. The van der Waals surface area contributed by atoms with Crippen molar-refractivity contribution < 1.29 is 0 Å². The number of aromatic nitrogens is 2. The Morgan fingerprint density at radius 1 is 1.69 bits per heavy atom. The predicted molar refractivity (Wildman–Crippen MR) is 45.6 cm³/mol. The number of hydrogen-bond acceptors (Lipinski definition) is 3. The Bertz CT molecular complexity index is 427. The van der Waals surface area contributed by atoms with Gasteiger partial charge in [-0.05, 0) is 23.5 Å². The number of aromatic amines is 1. The van der Waals surface area contributed by atoms with Crippen LogP contribution in [0, 0.1) is 0 Å². The van der Waals surface area contributed by atoms with Gasteiger partial charge in [-0.2, -0.15) is 0 Å². The van der Waals surface area contributed by atoms with E-state index in [0.29, 0.717) is 11.7 Å². The van der Waals surface area contributed by atoms with E-state index >= 15 is 0 Å². The topological polar surface area (TPSA) is 94.5 Å². The average molecular weight is 177 g/mol. The van der Waals surface area contributed by atoms with Gasteiger partial charge in [-0.15, -0.1) is 0 Å². The van der Waals surface area contributed by atoms with Gasteiger partial charge >= 0.3 is 0 Å². The molecule has 13 heavy (non-hydrogen) atoms. The van der Waals surface area contributed by atoms with Crippen molar-refractivity contribution in [1.29, 1.82) is 0 Å². The number of nitrogens with one attached hydrogen (secondary N) is 1. The van der Waals surface area contributed by atoms with Gasteiger partial charge in [-0.3, -0.25) is 4.79 Å². The number of azide groups is 1. The van der Waals surface area contributed by atoms with Crippen LogP contribution >= 0.6 is 0 Å². The molecule has 1 saturated carbocycles. The van der Waals surface area contributed by atoms with Crippen LogP contribution in [0.15, 0.2) is 16.0 Å². The maximum Gasteiger partial charge on any atom is 0.251 e. The molecule has 0 radical (unpaired) electrons. The molecule has 0 atom stereocenters. The van der Waals surface area contributed by atoms with Crippen molar-refractivity contribution in [2.75, 3.05) is 0 Å². The van der Waals surface area contributed by atoms with E-state index in [9.17, 15) is 4.79 Å². The first-order valence-electron chi connectivity index (χ1n) is 3.96. The van der Waals surface area contributed by atoms with Gasteiger partial charge in [-0.1, -0.05) is 0 Å². The Kier molecular flexibility index (Phi) is 1.75. The number of nitrogens with zero attached hydrogens (tertiary/aromatic N) is 4. The Balaban J connectivity index is 2.47. The quantitative estimate of drug-likeness (QED) is 0.421. The van der Waals surface area contributed by atoms with E-state index in [4.69, 9.17) is 5.53 Å². The van der Waals surface area contributed by atoms with Gasteiger partial charge in [0.2, 0.25) is 0 Å². The lowest BCUT2D eigenvalue weighted by molar-refractivity contribution is 0.906. The van der Waals surface area contributed by atoms with Gasteiger partial charge < -0.3 is 4.98 Å². The number of hydrogen-bond donors (Lipinski definition) is 1. The van der Waals surface area contributed by atoms with Gasteiger partial charge in [-0.25, -0.2) is 4.98 Å². The lowest BCUT2D eigenvalue weighted by Crippen LogP contribution is -2.08. The molecule has 1 aromatic rings. The molecule has 6 nitrogen and oxygen atoms in total. The number of H-pyrrole nitrogens is 1. The smallest absolute Gasteiger partial charge is 0.251 e. The highest BCUT2D eigenvalue weighted by Gasteiger charge is 2.26. The Morgan fingerprint density at radius 3 is 3.08 bits per heavy atom. The third-order valence-corrected chi connectivity index (χ3v) is 1.86. The molecule has 1 aromatic heterocycles. The van der Waals surface area contributed by atoms with E-state index < -0.39 is 0 Å². The second-order valence-electron chi connectivity index (χ2n) is 2.95. The van der Waals surface area contributed by atoms with Gasteiger partial charge in [0.15, 0.2) is 0 Å². The molecule has 2 rings (SSSR count). The Labute approximate surface area is 73.3 Å². The third-order valence-electron chi connectivity index (χ3n) is 1.86. The summed E-state index contributed by atoms with van der Waals surface area (Å²) in [6, 6.07) is 1.19. The van der Waals surface area contributed by atoms with Crippen molar-refractivity contribution in [3.05, 3.63) is 32.7 Å². The highest BCUT2D eigenvalue weighted by molar-refractivity contribution is 5.26. The summed E-state index contributed by atoms with van der Waals surface area (Å²) in [6.07, 6.45) is 2.09. The zero-order valence-electron chi connectivity index (χ0n) is 6.77. The molecule has 0 unspecified atom stereocenters. The minimum atomic E-state index is -0.265. The summed E-state index contributed by atoms with van der Waals surface area (Å²) in [5.41, 5.74) is 7.90. The molecule has 0 spiro atoms. The summed E-state index contributed by atoms with van der Waals surface area (Å²) in [5.74, 6) is 1.13. The van der Waals surface area contributed by atoms with Gasteiger partial charge in [0.1, 0.15) is 11.6 Å². The summed E-state index contributed by atoms with van der Waals surface area (Å²) in [6.45, 7) is 0. The van der Waals surface area contributed by atoms with Gasteiger partial charge in [0.25, 0.3) is 5.56 Å². The first kappa shape index (κ1) is 7.82. The van der Waals surface area contributed by atoms with Gasteiger partial charge in [0.05, 0.1) is 0 Å². The Hall–Kier alpha value is -1.81. The molecule has 0 amide bonds. The van der Waals surface area contributed by atoms with Crippen LogP contribution < -0.4 is 5.56 Å². The average Bonchev–Trinajstić information content (AvgIpc) is 2.85. The first-order chi connectivity index (χ1) is 6.29. The van der Waals surface area contributed by atoms with Crippen LogP contribution in [-0.4, -0.2) is 9.97 Å². The van der Waals surface area contributed by atoms with E-state index in [-0.39, 0.29) is 11.4 Å². The minimum absolute atomic E-state index is 0.146. The first-order valence-corrected chi connectivity index (χ1v) is 3.96. The van der Waals surface area contributed by atoms with Crippen molar-refractivity contribution in [1.82, 2.24) is 9.97 Å². The van der Waals surface area contributed by atoms with Crippen LogP contribution in [0.2, 0.25) is 0 Å². The molecule has 1 fully saturated rings. The fraction of sp³-hybridized carbons (Fsp3) is 0.429.